The molecule has 0 saturated heterocycles. The lowest BCUT2D eigenvalue weighted by atomic mass is 10.1. The lowest BCUT2D eigenvalue weighted by Gasteiger charge is -2.14. The van der Waals surface area contributed by atoms with Crippen LogP contribution in [-0.2, 0) is 17.9 Å². The van der Waals surface area contributed by atoms with Crippen molar-refractivity contribution >= 4 is 28.5 Å². The quantitative estimate of drug-likeness (QED) is 0.680. The molecule has 0 saturated carbocycles. The first-order valence-electron chi connectivity index (χ1n) is 6.37. The van der Waals surface area contributed by atoms with Crippen LogP contribution in [0.1, 0.15) is 16.1 Å². The first-order chi connectivity index (χ1) is 10.2. The van der Waals surface area contributed by atoms with Crippen LogP contribution in [0.15, 0.2) is 35.9 Å². The minimum absolute atomic E-state index is 0.129. The molecule has 0 aliphatic carbocycles. The topological polar surface area (TPSA) is 83.0 Å². The molecule has 21 heavy (non-hydrogen) atoms. The van der Waals surface area contributed by atoms with E-state index < -0.39 is 0 Å². The summed E-state index contributed by atoms with van der Waals surface area (Å²) in [6, 6.07) is 11.3. The van der Waals surface area contributed by atoms with Gasteiger partial charge in [-0.25, -0.2) is 4.98 Å². The maximum atomic E-state index is 12.4. The van der Waals surface area contributed by atoms with Crippen LogP contribution in [0.4, 0.5) is 5.13 Å². The summed E-state index contributed by atoms with van der Waals surface area (Å²) in [7, 11) is 0. The molecule has 0 unspecified atom stereocenters. The number of anilines is 1. The second-order valence-corrected chi connectivity index (χ2v) is 5.78. The van der Waals surface area contributed by atoms with E-state index in [2.05, 4.69) is 4.98 Å². The Balaban J connectivity index is 1.80. The highest BCUT2D eigenvalue weighted by Gasteiger charge is 2.28. The van der Waals surface area contributed by atoms with E-state index in [0.29, 0.717) is 18.2 Å². The predicted octanol–water partition coefficient (Wildman–Crippen LogP) is 2.17. The third-order valence-corrected chi connectivity index (χ3v) is 4.13. The molecule has 1 aromatic carbocycles. The number of nitrogens with two attached hydrogens (primary N) is 1. The maximum absolute atomic E-state index is 12.4. The SMILES string of the molecule is N#C/C(=C/c1ccccc1)C(=O)N1Cc2nc(N)sc2C1. The first-order valence-corrected chi connectivity index (χ1v) is 7.19. The number of nitriles is 1. The molecule has 2 aromatic rings. The molecule has 1 aromatic heterocycles. The third kappa shape index (κ3) is 2.64. The van der Waals surface area contributed by atoms with Crippen LogP contribution in [0.25, 0.3) is 6.08 Å². The molecule has 0 radical (unpaired) electrons. The average molecular weight is 296 g/mol. The zero-order valence-corrected chi connectivity index (χ0v) is 11.9. The maximum Gasteiger partial charge on any atom is 0.265 e. The minimum Gasteiger partial charge on any atom is -0.375 e. The number of rotatable bonds is 2. The Bertz CT molecular complexity index is 734. The fourth-order valence-corrected chi connectivity index (χ4v) is 3.09. The van der Waals surface area contributed by atoms with Crippen LogP contribution >= 0.6 is 11.3 Å². The van der Waals surface area contributed by atoms with Crippen molar-refractivity contribution in [2.45, 2.75) is 13.1 Å². The largest absolute Gasteiger partial charge is 0.375 e. The lowest BCUT2D eigenvalue weighted by molar-refractivity contribution is -0.127. The van der Waals surface area contributed by atoms with Crippen LogP contribution in [-0.4, -0.2) is 15.8 Å². The zero-order valence-electron chi connectivity index (χ0n) is 11.1. The van der Waals surface area contributed by atoms with Crippen molar-refractivity contribution in [3.8, 4) is 6.07 Å². The van der Waals surface area contributed by atoms with Gasteiger partial charge < -0.3 is 10.6 Å². The van der Waals surface area contributed by atoms with Gasteiger partial charge in [0.2, 0.25) is 0 Å². The highest BCUT2D eigenvalue weighted by atomic mass is 32.1. The second kappa shape index (κ2) is 5.38. The summed E-state index contributed by atoms with van der Waals surface area (Å²) in [5.74, 6) is -0.273. The third-order valence-electron chi connectivity index (χ3n) is 3.22. The fourth-order valence-electron chi connectivity index (χ4n) is 2.23. The highest BCUT2D eigenvalue weighted by Crippen LogP contribution is 2.30. The van der Waals surface area contributed by atoms with Gasteiger partial charge in [-0.15, -0.1) is 11.3 Å². The number of carbonyl (C=O) groups excluding carboxylic acids is 1. The molecule has 0 bridgehead atoms. The van der Waals surface area contributed by atoms with Gasteiger partial charge in [0, 0.05) is 0 Å². The summed E-state index contributed by atoms with van der Waals surface area (Å²) in [5.41, 5.74) is 7.44. The van der Waals surface area contributed by atoms with E-state index in [0.717, 1.165) is 16.1 Å². The summed E-state index contributed by atoms with van der Waals surface area (Å²) < 4.78 is 0. The Kier molecular flexibility index (Phi) is 3.42. The van der Waals surface area contributed by atoms with E-state index in [1.165, 1.54) is 11.3 Å². The summed E-state index contributed by atoms with van der Waals surface area (Å²) in [6.45, 7) is 0.881. The highest BCUT2D eigenvalue weighted by molar-refractivity contribution is 7.15. The standard InChI is InChI=1S/C15H12N4OS/c16-7-11(6-10-4-2-1-3-5-10)14(20)19-8-12-13(9-19)21-15(17)18-12/h1-6H,8-9H2,(H2,17,18)/b11-6-. The van der Waals surface area contributed by atoms with Crippen molar-refractivity contribution in [2.24, 2.45) is 0 Å². The average Bonchev–Trinajstić information content (AvgIpc) is 3.02. The van der Waals surface area contributed by atoms with E-state index in [1.54, 1.807) is 11.0 Å². The Morgan fingerprint density at radius 1 is 1.38 bits per heavy atom. The molecule has 5 nitrogen and oxygen atoms in total. The number of carbonyl (C=O) groups is 1. The fraction of sp³-hybridized carbons (Fsp3) is 0.133. The number of hydrogen-bond donors (Lipinski definition) is 1. The summed E-state index contributed by atoms with van der Waals surface area (Å²) in [6.07, 6.45) is 1.61. The summed E-state index contributed by atoms with van der Waals surface area (Å²) in [5, 5.41) is 9.75. The van der Waals surface area contributed by atoms with Gasteiger partial charge in [-0.3, -0.25) is 4.79 Å². The summed E-state index contributed by atoms with van der Waals surface area (Å²) >= 11 is 1.39. The van der Waals surface area contributed by atoms with E-state index >= 15 is 0 Å². The van der Waals surface area contributed by atoms with Crippen LogP contribution in [0.5, 0.6) is 0 Å². The monoisotopic (exact) mass is 296 g/mol. The predicted molar refractivity (Wildman–Crippen MR) is 80.8 cm³/mol. The normalized spacial score (nSPS) is 13.9. The van der Waals surface area contributed by atoms with Crippen molar-refractivity contribution in [2.75, 3.05) is 5.73 Å². The van der Waals surface area contributed by atoms with Crippen molar-refractivity contribution < 1.29 is 4.79 Å². The molecule has 0 fully saturated rings. The van der Waals surface area contributed by atoms with Gasteiger partial charge in [-0.2, -0.15) is 5.26 Å². The second-order valence-electron chi connectivity index (χ2n) is 4.66. The molecule has 2 heterocycles. The van der Waals surface area contributed by atoms with Gasteiger partial charge in [-0.1, -0.05) is 30.3 Å². The van der Waals surface area contributed by atoms with Gasteiger partial charge >= 0.3 is 0 Å². The molecule has 3 rings (SSSR count). The number of thiazole rings is 1. The smallest absolute Gasteiger partial charge is 0.265 e. The van der Waals surface area contributed by atoms with Crippen LogP contribution in [0.3, 0.4) is 0 Å². The Labute approximate surface area is 125 Å². The van der Waals surface area contributed by atoms with E-state index in [4.69, 9.17) is 5.73 Å². The first kappa shape index (κ1) is 13.3. The lowest BCUT2D eigenvalue weighted by Crippen LogP contribution is -2.26. The van der Waals surface area contributed by atoms with Crippen molar-refractivity contribution in [1.82, 2.24) is 9.88 Å². The van der Waals surface area contributed by atoms with Crippen LogP contribution in [0, 0.1) is 11.3 Å². The van der Waals surface area contributed by atoms with E-state index in [1.807, 2.05) is 36.4 Å². The number of aromatic nitrogens is 1. The van der Waals surface area contributed by atoms with Crippen LogP contribution < -0.4 is 5.73 Å². The molecule has 2 N–H and O–H groups in total. The Hall–Kier alpha value is -2.65. The van der Waals surface area contributed by atoms with Gasteiger partial charge in [0.25, 0.3) is 5.91 Å². The molecule has 0 atom stereocenters. The molecule has 1 aliphatic rings. The molecule has 6 heteroatoms. The van der Waals surface area contributed by atoms with E-state index in [-0.39, 0.29) is 11.5 Å². The number of hydrogen-bond acceptors (Lipinski definition) is 5. The number of fused-ring (bicyclic) bond motifs is 1. The Morgan fingerprint density at radius 2 is 2.14 bits per heavy atom. The number of amides is 1. The van der Waals surface area contributed by atoms with Gasteiger partial charge in [0.05, 0.1) is 23.7 Å². The number of benzene rings is 1. The van der Waals surface area contributed by atoms with Crippen LogP contribution in [0.2, 0.25) is 0 Å². The molecule has 1 aliphatic heterocycles. The van der Waals surface area contributed by atoms with Crippen molar-refractivity contribution in [3.63, 3.8) is 0 Å². The molecule has 0 spiro atoms. The molecule has 1 amide bonds. The molecular formula is C15H12N4OS. The zero-order chi connectivity index (χ0) is 14.8. The molecular weight excluding hydrogens is 284 g/mol. The van der Waals surface area contributed by atoms with Crippen molar-refractivity contribution in [3.05, 3.63) is 52.0 Å². The van der Waals surface area contributed by atoms with Gasteiger partial charge in [0.1, 0.15) is 11.6 Å². The minimum atomic E-state index is -0.273. The number of nitrogen functional groups attached to an aromatic ring is 1. The molecule has 104 valence electrons. The van der Waals surface area contributed by atoms with Crippen molar-refractivity contribution in [1.29, 1.82) is 5.26 Å². The Morgan fingerprint density at radius 3 is 2.81 bits per heavy atom. The van der Waals surface area contributed by atoms with E-state index in [9.17, 15) is 10.1 Å². The summed E-state index contributed by atoms with van der Waals surface area (Å²) in [4.78, 5) is 19.2. The van der Waals surface area contributed by atoms with Gasteiger partial charge in [0.15, 0.2) is 5.13 Å². The number of nitrogens with zero attached hydrogens (tertiary/aromatic N) is 3. The van der Waals surface area contributed by atoms with Gasteiger partial charge in [-0.05, 0) is 11.6 Å².